The zero-order valence-electron chi connectivity index (χ0n) is 5.61. The Kier molecular flexibility index (Phi) is 1.96. The number of rotatable bonds is 0. The highest BCUT2D eigenvalue weighted by Gasteiger charge is 1.94. The molecule has 0 spiro atoms. The van der Waals surface area contributed by atoms with Crippen LogP contribution in [0.1, 0.15) is 0 Å². The second-order valence-electron chi connectivity index (χ2n) is 2.04. The molecule has 2 aromatic heterocycles. The van der Waals surface area contributed by atoms with Crippen LogP contribution in [0, 0.1) is 0 Å². The molecule has 2 heterocycles. The first-order valence-electron chi connectivity index (χ1n) is 2.91. The molecule has 0 saturated heterocycles. The summed E-state index contributed by atoms with van der Waals surface area (Å²) in [4.78, 5) is 10.8. The van der Waals surface area contributed by atoms with Gasteiger partial charge in [0.1, 0.15) is 5.52 Å². The van der Waals surface area contributed by atoms with E-state index in [0.29, 0.717) is 5.69 Å². The van der Waals surface area contributed by atoms with E-state index in [1.165, 1.54) is 0 Å². The van der Waals surface area contributed by atoms with Crippen LogP contribution in [-0.4, -0.2) is 15.0 Å². The number of hydrogen-bond acceptors (Lipinski definition) is 3. The Bertz CT molecular complexity index is 356. The van der Waals surface area contributed by atoms with Crippen molar-refractivity contribution in [1.82, 2.24) is 15.0 Å². The minimum Gasteiger partial charge on any atom is -0.397 e. The molecule has 0 aliphatic carbocycles. The van der Waals surface area contributed by atoms with E-state index in [-0.39, 0.29) is 12.4 Å². The van der Waals surface area contributed by atoms with Crippen LogP contribution < -0.4 is 5.73 Å². The van der Waals surface area contributed by atoms with Crippen molar-refractivity contribution in [3.63, 3.8) is 0 Å². The summed E-state index contributed by atoms with van der Waals surface area (Å²) < 4.78 is 0. The molecule has 0 aliphatic rings. The first-order valence-corrected chi connectivity index (χ1v) is 2.91. The van der Waals surface area contributed by atoms with Gasteiger partial charge in [0.25, 0.3) is 0 Å². The summed E-state index contributed by atoms with van der Waals surface area (Å²) in [6, 6.07) is 1.78. The van der Waals surface area contributed by atoms with Crippen molar-refractivity contribution in [2.24, 2.45) is 0 Å². The Morgan fingerprint density at radius 2 is 2.18 bits per heavy atom. The van der Waals surface area contributed by atoms with Crippen molar-refractivity contribution in [1.29, 1.82) is 0 Å². The fraction of sp³-hybridized carbons (Fsp3) is 0. The first-order chi connectivity index (χ1) is 4.86. The van der Waals surface area contributed by atoms with E-state index in [0.717, 1.165) is 11.2 Å². The van der Waals surface area contributed by atoms with Crippen LogP contribution >= 0.6 is 12.4 Å². The summed E-state index contributed by atoms with van der Waals surface area (Å²) in [5.41, 5.74) is 7.68. The highest BCUT2D eigenvalue weighted by Crippen LogP contribution is 2.08. The Morgan fingerprint density at radius 1 is 1.36 bits per heavy atom. The second kappa shape index (κ2) is 2.75. The van der Waals surface area contributed by atoms with Gasteiger partial charge in [0.15, 0.2) is 5.65 Å². The summed E-state index contributed by atoms with van der Waals surface area (Å²) in [5.74, 6) is 0. The van der Waals surface area contributed by atoms with Gasteiger partial charge in [-0.2, -0.15) is 0 Å². The van der Waals surface area contributed by atoms with Gasteiger partial charge in [-0.25, -0.2) is 9.97 Å². The summed E-state index contributed by atoms with van der Waals surface area (Å²) in [5, 5.41) is 0. The Balaban J connectivity index is 0.000000605. The van der Waals surface area contributed by atoms with Crippen LogP contribution in [0.4, 0.5) is 5.69 Å². The Hall–Kier alpha value is -1.29. The number of halogens is 1. The van der Waals surface area contributed by atoms with E-state index in [9.17, 15) is 0 Å². The van der Waals surface area contributed by atoms with Crippen LogP contribution in [-0.2, 0) is 0 Å². The van der Waals surface area contributed by atoms with Crippen LogP contribution in [0.5, 0.6) is 0 Å². The summed E-state index contributed by atoms with van der Waals surface area (Å²) in [6.45, 7) is 0. The SMILES string of the molecule is Cl.Nc1cnc2[nH]cnc2c1. The number of pyridine rings is 1. The molecular formula is C6H7ClN4. The van der Waals surface area contributed by atoms with Crippen LogP contribution in [0.2, 0.25) is 0 Å². The Morgan fingerprint density at radius 3 is 3.00 bits per heavy atom. The lowest BCUT2D eigenvalue weighted by molar-refractivity contribution is 1.30. The molecular weight excluding hydrogens is 164 g/mol. The van der Waals surface area contributed by atoms with Crippen LogP contribution in [0.15, 0.2) is 18.6 Å². The summed E-state index contributed by atoms with van der Waals surface area (Å²) >= 11 is 0. The third kappa shape index (κ3) is 1.25. The van der Waals surface area contributed by atoms with Gasteiger partial charge in [-0.3, -0.25) is 0 Å². The lowest BCUT2D eigenvalue weighted by atomic mass is 10.4. The van der Waals surface area contributed by atoms with Gasteiger partial charge in [-0.1, -0.05) is 0 Å². The van der Waals surface area contributed by atoms with Gasteiger partial charge in [0.05, 0.1) is 18.2 Å². The molecule has 4 nitrogen and oxygen atoms in total. The fourth-order valence-corrected chi connectivity index (χ4v) is 0.841. The molecule has 0 saturated carbocycles. The van der Waals surface area contributed by atoms with Crippen molar-refractivity contribution >= 4 is 29.3 Å². The quantitative estimate of drug-likeness (QED) is 0.619. The molecule has 0 bridgehead atoms. The zero-order valence-corrected chi connectivity index (χ0v) is 6.43. The average Bonchev–Trinajstić information content (AvgIpc) is 2.33. The van der Waals surface area contributed by atoms with Crippen molar-refractivity contribution in [3.8, 4) is 0 Å². The van der Waals surface area contributed by atoms with E-state index < -0.39 is 0 Å². The molecule has 2 rings (SSSR count). The number of H-pyrrole nitrogens is 1. The van der Waals surface area contributed by atoms with E-state index in [1.807, 2.05) is 0 Å². The topological polar surface area (TPSA) is 67.6 Å². The maximum Gasteiger partial charge on any atom is 0.157 e. The smallest absolute Gasteiger partial charge is 0.157 e. The van der Waals surface area contributed by atoms with Gasteiger partial charge in [0.2, 0.25) is 0 Å². The molecule has 0 atom stereocenters. The normalized spacial score (nSPS) is 9.45. The van der Waals surface area contributed by atoms with E-state index >= 15 is 0 Å². The largest absolute Gasteiger partial charge is 0.397 e. The molecule has 3 N–H and O–H groups in total. The predicted octanol–water partition coefficient (Wildman–Crippen LogP) is 0.962. The Labute approximate surface area is 69.3 Å². The molecule has 0 amide bonds. The fourth-order valence-electron chi connectivity index (χ4n) is 0.841. The number of anilines is 1. The number of nitrogens with zero attached hydrogens (tertiary/aromatic N) is 2. The maximum absolute atomic E-state index is 5.47. The molecule has 0 aromatic carbocycles. The van der Waals surface area contributed by atoms with Gasteiger partial charge in [-0.05, 0) is 6.07 Å². The van der Waals surface area contributed by atoms with Gasteiger partial charge in [0, 0.05) is 0 Å². The first kappa shape index (κ1) is 7.81. The molecule has 2 aromatic rings. The lowest BCUT2D eigenvalue weighted by Gasteiger charge is -1.88. The average molecular weight is 171 g/mol. The van der Waals surface area contributed by atoms with Gasteiger partial charge in [-0.15, -0.1) is 12.4 Å². The van der Waals surface area contributed by atoms with Crippen LogP contribution in [0.3, 0.4) is 0 Å². The number of fused-ring (bicyclic) bond motifs is 1. The van der Waals surface area contributed by atoms with E-state index in [2.05, 4.69) is 15.0 Å². The highest BCUT2D eigenvalue weighted by molar-refractivity contribution is 5.85. The van der Waals surface area contributed by atoms with E-state index in [1.54, 1.807) is 18.6 Å². The summed E-state index contributed by atoms with van der Waals surface area (Å²) in [7, 11) is 0. The lowest BCUT2D eigenvalue weighted by Crippen LogP contribution is -1.85. The number of imidazole rings is 1. The molecule has 0 aliphatic heterocycles. The van der Waals surface area contributed by atoms with Crippen molar-refractivity contribution < 1.29 is 0 Å². The molecule has 0 unspecified atom stereocenters. The number of nitrogen functional groups attached to an aromatic ring is 1. The highest BCUT2D eigenvalue weighted by atomic mass is 35.5. The number of nitrogens with two attached hydrogens (primary N) is 1. The van der Waals surface area contributed by atoms with Crippen molar-refractivity contribution in [2.75, 3.05) is 5.73 Å². The van der Waals surface area contributed by atoms with E-state index in [4.69, 9.17) is 5.73 Å². The number of aromatic amines is 1. The molecule has 0 fully saturated rings. The zero-order chi connectivity index (χ0) is 6.97. The number of aromatic nitrogens is 3. The van der Waals surface area contributed by atoms with Gasteiger partial charge >= 0.3 is 0 Å². The number of hydrogen-bond donors (Lipinski definition) is 2. The standard InChI is InChI=1S/C6H6N4.ClH/c7-4-1-5-6(8-2-4)10-3-9-5;/h1-3H,7H2,(H,8,9,10);1H. The third-order valence-corrected chi connectivity index (χ3v) is 1.29. The van der Waals surface area contributed by atoms with Crippen LogP contribution in [0.25, 0.3) is 11.2 Å². The maximum atomic E-state index is 5.47. The molecule has 5 heteroatoms. The minimum atomic E-state index is 0. The van der Waals surface area contributed by atoms with Crippen molar-refractivity contribution in [3.05, 3.63) is 18.6 Å². The molecule has 11 heavy (non-hydrogen) atoms. The minimum absolute atomic E-state index is 0. The predicted molar refractivity (Wildman–Crippen MR) is 45.5 cm³/mol. The number of nitrogens with one attached hydrogen (secondary N) is 1. The third-order valence-electron chi connectivity index (χ3n) is 1.29. The van der Waals surface area contributed by atoms with Crippen molar-refractivity contribution in [2.45, 2.75) is 0 Å². The molecule has 0 radical (unpaired) electrons. The van der Waals surface area contributed by atoms with Gasteiger partial charge < -0.3 is 10.7 Å². The molecule has 58 valence electrons. The second-order valence-corrected chi connectivity index (χ2v) is 2.04. The monoisotopic (exact) mass is 170 g/mol. The summed E-state index contributed by atoms with van der Waals surface area (Å²) in [6.07, 6.45) is 3.19.